The third-order valence-corrected chi connectivity index (χ3v) is 3.68. The van der Waals surface area contributed by atoms with E-state index in [1.54, 1.807) is 10.9 Å². The minimum Gasteiger partial charge on any atom is -0.275 e. The van der Waals surface area contributed by atoms with E-state index in [0.717, 1.165) is 34.4 Å². The number of hydrazine groups is 1. The van der Waals surface area contributed by atoms with Gasteiger partial charge in [0.1, 0.15) is 0 Å². The minimum absolute atomic E-state index is 0.128. The van der Waals surface area contributed by atoms with Crippen LogP contribution in [0.3, 0.4) is 0 Å². The van der Waals surface area contributed by atoms with Gasteiger partial charge in [-0.1, -0.05) is 6.92 Å². The quantitative estimate of drug-likeness (QED) is 0.647. The number of aryl methyl sites for hydroxylation is 3. The number of aromatic nitrogens is 4. The summed E-state index contributed by atoms with van der Waals surface area (Å²) < 4.78 is 4.72. The van der Waals surface area contributed by atoms with Gasteiger partial charge in [-0.05, 0) is 29.3 Å². The molecule has 104 valence electrons. The lowest BCUT2D eigenvalue weighted by Crippen LogP contribution is -2.31. The summed E-state index contributed by atoms with van der Waals surface area (Å²) in [5, 5.41) is 8.75. The Morgan fingerprint density at radius 3 is 2.79 bits per heavy atom. The summed E-state index contributed by atoms with van der Waals surface area (Å²) in [5.74, 6) is 5.76. The zero-order chi connectivity index (χ0) is 14.0. The second-order valence-corrected chi connectivity index (χ2v) is 5.40. The topological polar surface area (TPSA) is 73.7 Å². The molecule has 6 nitrogen and oxygen atoms in total. The molecule has 1 unspecified atom stereocenters. The number of nitrogens with one attached hydrogen (secondary N) is 1. The molecule has 0 fully saturated rings. The summed E-state index contributed by atoms with van der Waals surface area (Å²) in [6, 6.07) is -0.128. The molecule has 0 spiro atoms. The summed E-state index contributed by atoms with van der Waals surface area (Å²) in [6.07, 6.45) is 4.81. The first kappa shape index (κ1) is 14.2. The summed E-state index contributed by atoms with van der Waals surface area (Å²) in [6.45, 7) is 4.96. The fourth-order valence-electron chi connectivity index (χ4n) is 2.27. The zero-order valence-corrected chi connectivity index (χ0v) is 13.0. The molecule has 7 heteroatoms. The number of nitrogens with two attached hydrogens (primary N) is 1. The van der Waals surface area contributed by atoms with Crippen LogP contribution in [0, 0.1) is 6.92 Å². The Balaban J connectivity index is 2.47. The van der Waals surface area contributed by atoms with Crippen molar-refractivity contribution in [3.63, 3.8) is 0 Å². The molecule has 0 aliphatic carbocycles. The van der Waals surface area contributed by atoms with Gasteiger partial charge in [-0.2, -0.15) is 10.2 Å². The molecule has 0 aliphatic rings. The summed E-state index contributed by atoms with van der Waals surface area (Å²) in [5.41, 5.74) is 5.92. The van der Waals surface area contributed by atoms with Crippen molar-refractivity contribution < 1.29 is 0 Å². The summed E-state index contributed by atoms with van der Waals surface area (Å²) in [7, 11) is 1.91. The van der Waals surface area contributed by atoms with Crippen molar-refractivity contribution in [2.45, 2.75) is 32.9 Å². The molecule has 1 atom stereocenters. The number of rotatable bonds is 5. The average molecular weight is 327 g/mol. The predicted octanol–water partition coefficient (Wildman–Crippen LogP) is 1.65. The number of hydrogen-bond acceptors (Lipinski definition) is 4. The summed E-state index contributed by atoms with van der Waals surface area (Å²) in [4.78, 5) is 0. The van der Waals surface area contributed by atoms with Gasteiger partial charge in [-0.15, -0.1) is 0 Å². The highest BCUT2D eigenvalue weighted by molar-refractivity contribution is 9.10. The highest BCUT2D eigenvalue weighted by Crippen LogP contribution is 2.29. The molecule has 0 amide bonds. The first-order valence-electron chi connectivity index (χ1n) is 6.26. The molecular formula is C12H19BrN6. The average Bonchev–Trinajstić information content (AvgIpc) is 2.87. The van der Waals surface area contributed by atoms with E-state index >= 15 is 0 Å². The molecule has 2 aromatic heterocycles. The van der Waals surface area contributed by atoms with E-state index in [4.69, 9.17) is 5.84 Å². The Morgan fingerprint density at radius 2 is 2.26 bits per heavy atom. The highest BCUT2D eigenvalue weighted by atomic mass is 79.9. The Morgan fingerprint density at radius 1 is 1.53 bits per heavy atom. The van der Waals surface area contributed by atoms with Crippen molar-refractivity contribution >= 4 is 15.9 Å². The lowest BCUT2D eigenvalue weighted by atomic mass is 10.1. The second kappa shape index (κ2) is 5.85. The number of halogens is 1. The van der Waals surface area contributed by atoms with Gasteiger partial charge in [0.2, 0.25) is 0 Å². The lowest BCUT2D eigenvalue weighted by Gasteiger charge is -2.18. The third kappa shape index (κ3) is 2.72. The maximum atomic E-state index is 5.76. The lowest BCUT2D eigenvalue weighted by molar-refractivity contribution is 0.518. The molecule has 0 aromatic carbocycles. The molecule has 2 heterocycles. The van der Waals surface area contributed by atoms with Crippen LogP contribution in [0.1, 0.15) is 36.3 Å². The SMILES string of the molecule is CCCn1ncc(Br)c1C(NN)c1cn(C)nc1C. The first-order valence-corrected chi connectivity index (χ1v) is 7.05. The van der Waals surface area contributed by atoms with E-state index in [0.29, 0.717) is 0 Å². The van der Waals surface area contributed by atoms with E-state index in [1.165, 1.54) is 0 Å². The van der Waals surface area contributed by atoms with Crippen molar-refractivity contribution in [1.29, 1.82) is 0 Å². The Kier molecular flexibility index (Phi) is 4.38. The monoisotopic (exact) mass is 326 g/mol. The Labute approximate surface area is 121 Å². The van der Waals surface area contributed by atoms with Crippen LogP contribution in [0.15, 0.2) is 16.9 Å². The van der Waals surface area contributed by atoms with Gasteiger partial charge >= 0.3 is 0 Å². The van der Waals surface area contributed by atoms with Gasteiger partial charge in [0.15, 0.2) is 0 Å². The molecular weight excluding hydrogens is 308 g/mol. The molecule has 3 N–H and O–H groups in total. The fourth-order valence-corrected chi connectivity index (χ4v) is 2.79. The molecule has 2 rings (SSSR count). The fraction of sp³-hybridized carbons (Fsp3) is 0.500. The molecule has 0 bridgehead atoms. The van der Waals surface area contributed by atoms with Crippen molar-refractivity contribution in [2.75, 3.05) is 0 Å². The van der Waals surface area contributed by atoms with Crippen LogP contribution in [0.4, 0.5) is 0 Å². The first-order chi connectivity index (χ1) is 9.08. The van der Waals surface area contributed by atoms with Gasteiger partial charge < -0.3 is 0 Å². The van der Waals surface area contributed by atoms with Gasteiger partial charge in [-0.3, -0.25) is 15.2 Å². The maximum Gasteiger partial charge on any atom is 0.0922 e. The highest BCUT2D eigenvalue weighted by Gasteiger charge is 2.23. The molecule has 2 aromatic rings. The van der Waals surface area contributed by atoms with Gasteiger partial charge in [0.05, 0.1) is 28.1 Å². The van der Waals surface area contributed by atoms with Crippen molar-refractivity contribution in [2.24, 2.45) is 12.9 Å². The van der Waals surface area contributed by atoms with Gasteiger partial charge in [-0.25, -0.2) is 5.43 Å². The Hall–Kier alpha value is -1.18. The molecule has 0 aliphatic heterocycles. The van der Waals surface area contributed by atoms with Crippen LogP contribution in [0.5, 0.6) is 0 Å². The van der Waals surface area contributed by atoms with Gasteiger partial charge in [0, 0.05) is 25.4 Å². The minimum atomic E-state index is -0.128. The van der Waals surface area contributed by atoms with Crippen LogP contribution in [0.25, 0.3) is 0 Å². The molecule has 0 saturated heterocycles. The molecule has 0 radical (unpaired) electrons. The third-order valence-electron chi connectivity index (χ3n) is 3.07. The van der Waals surface area contributed by atoms with Crippen molar-refractivity contribution in [3.05, 3.63) is 33.8 Å². The van der Waals surface area contributed by atoms with Crippen molar-refractivity contribution in [3.8, 4) is 0 Å². The van der Waals surface area contributed by atoms with E-state index in [2.05, 4.69) is 38.5 Å². The Bertz CT molecular complexity index is 559. The van der Waals surface area contributed by atoms with Gasteiger partial charge in [0.25, 0.3) is 0 Å². The van der Waals surface area contributed by atoms with E-state index in [-0.39, 0.29) is 6.04 Å². The molecule has 0 saturated carbocycles. The summed E-state index contributed by atoms with van der Waals surface area (Å²) >= 11 is 3.55. The van der Waals surface area contributed by atoms with Crippen LogP contribution in [-0.2, 0) is 13.6 Å². The standard InChI is InChI=1S/C12H19BrN6/c1-4-5-19-12(10(13)6-15-19)11(16-14)9-7-18(3)17-8(9)2/h6-7,11,16H,4-5,14H2,1-3H3. The van der Waals surface area contributed by atoms with Crippen LogP contribution >= 0.6 is 15.9 Å². The zero-order valence-electron chi connectivity index (χ0n) is 11.4. The van der Waals surface area contributed by atoms with E-state index < -0.39 is 0 Å². The van der Waals surface area contributed by atoms with Crippen LogP contribution in [0.2, 0.25) is 0 Å². The normalized spacial score (nSPS) is 12.9. The number of hydrogen-bond donors (Lipinski definition) is 2. The van der Waals surface area contributed by atoms with E-state index in [9.17, 15) is 0 Å². The maximum absolute atomic E-state index is 5.76. The van der Waals surface area contributed by atoms with Crippen molar-refractivity contribution in [1.82, 2.24) is 25.0 Å². The smallest absolute Gasteiger partial charge is 0.0922 e. The second-order valence-electron chi connectivity index (χ2n) is 4.54. The molecule has 19 heavy (non-hydrogen) atoms. The van der Waals surface area contributed by atoms with Crippen LogP contribution in [-0.4, -0.2) is 19.6 Å². The van der Waals surface area contributed by atoms with E-state index in [1.807, 2.05) is 24.9 Å². The predicted molar refractivity (Wildman–Crippen MR) is 77.3 cm³/mol. The number of nitrogens with zero attached hydrogens (tertiary/aromatic N) is 4. The van der Waals surface area contributed by atoms with Crippen LogP contribution < -0.4 is 11.3 Å². The largest absolute Gasteiger partial charge is 0.275 e.